The predicted molar refractivity (Wildman–Crippen MR) is 152 cm³/mol. The first-order valence-electron chi connectivity index (χ1n) is 13.8. The molecule has 2 bridgehead atoms. The maximum absolute atomic E-state index is 13.5. The van der Waals surface area contributed by atoms with E-state index in [1.807, 2.05) is 53.7 Å². The number of hydrogen-bond donors (Lipinski definition) is 0. The zero-order valence-electron chi connectivity index (χ0n) is 23.4. The summed E-state index contributed by atoms with van der Waals surface area (Å²) in [5.74, 6) is 0.136. The average Bonchev–Trinajstić information content (AvgIpc) is 3.56. The Labute approximate surface area is 230 Å². The molecule has 2 atom stereocenters. The highest BCUT2D eigenvalue weighted by atomic mass is 32.1. The molecule has 1 aliphatic heterocycles. The van der Waals surface area contributed by atoms with E-state index in [0.717, 1.165) is 47.6 Å². The van der Waals surface area contributed by atoms with E-state index in [9.17, 15) is 9.59 Å². The number of benzene rings is 1. The van der Waals surface area contributed by atoms with Gasteiger partial charge in [0.1, 0.15) is 10.7 Å². The molecule has 0 spiro atoms. The molecule has 1 saturated carbocycles. The number of carbonyl (C=O) groups excluding carboxylic acids is 2. The van der Waals surface area contributed by atoms with Gasteiger partial charge < -0.3 is 14.4 Å². The van der Waals surface area contributed by atoms with Crippen molar-refractivity contribution in [3.05, 3.63) is 75.5 Å². The molecule has 6 nitrogen and oxygen atoms in total. The van der Waals surface area contributed by atoms with E-state index in [4.69, 9.17) is 4.98 Å². The van der Waals surface area contributed by atoms with E-state index in [0.29, 0.717) is 31.4 Å². The number of thiazole rings is 1. The van der Waals surface area contributed by atoms with Crippen LogP contribution in [-0.4, -0.2) is 50.3 Å². The molecule has 7 heteroatoms. The number of amides is 2. The van der Waals surface area contributed by atoms with Gasteiger partial charge in [-0.2, -0.15) is 0 Å². The van der Waals surface area contributed by atoms with Gasteiger partial charge in [0, 0.05) is 42.0 Å². The van der Waals surface area contributed by atoms with Gasteiger partial charge in [-0.05, 0) is 67.2 Å². The standard InChI is InChI=1S/C31H40N4O2S/c1-6-13-34(28(36)25-12-8-7-10-22(25)2)17-23-11-9-14-33(23)18-27-32-26(19-38-27)29(37)35-21-31(5)16-24(35)15-30(3,4)20-31/h7-12,14,19,24H,6,13,15-18,20-21H2,1-5H3. The quantitative estimate of drug-likeness (QED) is 0.338. The maximum Gasteiger partial charge on any atom is 0.273 e. The highest BCUT2D eigenvalue weighted by molar-refractivity contribution is 7.09. The Morgan fingerprint density at radius 1 is 1.13 bits per heavy atom. The van der Waals surface area contributed by atoms with Crippen molar-refractivity contribution in [2.75, 3.05) is 13.1 Å². The Morgan fingerprint density at radius 3 is 2.68 bits per heavy atom. The number of carbonyl (C=O) groups is 2. The van der Waals surface area contributed by atoms with Crippen LogP contribution in [0, 0.1) is 17.8 Å². The molecular formula is C31H40N4O2S. The minimum atomic E-state index is 0.0625. The van der Waals surface area contributed by atoms with Crippen molar-refractivity contribution in [1.29, 1.82) is 0 Å². The lowest BCUT2D eigenvalue weighted by atomic mass is 9.65. The van der Waals surface area contributed by atoms with Crippen molar-refractivity contribution < 1.29 is 9.59 Å². The Morgan fingerprint density at radius 2 is 1.92 bits per heavy atom. The molecule has 1 aliphatic carbocycles. The van der Waals surface area contributed by atoms with Gasteiger partial charge in [0.05, 0.1) is 13.1 Å². The summed E-state index contributed by atoms with van der Waals surface area (Å²) in [5, 5.41) is 2.83. The first-order valence-corrected chi connectivity index (χ1v) is 14.7. The van der Waals surface area contributed by atoms with Crippen LogP contribution in [0.25, 0.3) is 0 Å². The van der Waals surface area contributed by atoms with E-state index >= 15 is 0 Å². The van der Waals surface area contributed by atoms with Crippen molar-refractivity contribution in [2.45, 2.75) is 79.4 Å². The number of hydrogen-bond acceptors (Lipinski definition) is 4. The van der Waals surface area contributed by atoms with Crippen LogP contribution in [0.5, 0.6) is 0 Å². The number of aromatic nitrogens is 2. The van der Waals surface area contributed by atoms with Gasteiger partial charge in [-0.25, -0.2) is 4.98 Å². The Bertz CT molecular complexity index is 1320. The topological polar surface area (TPSA) is 58.4 Å². The third kappa shape index (κ3) is 5.44. The molecular weight excluding hydrogens is 492 g/mol. The van der Waals surface area contributed by atoms with Gasteiger partial charge in [-0.15, -0.1) is 11.3 Å². The van der Waals surface area contributed by atoms with E-state index in [2.05, 4.69) is 43.2 Å². The molecule has 1 saturated heterocycles. The molecule has 2 aromatic heterocycles. The van der Waals surface area contributed by atoms with Gasteiger partial charge in [0.15, 0.2) is 0 Å². The SMILES string of the molecule is CCCN(Cc1cccn1Cc1nc(C(=O)N2CC3(C)CC2CC(C)(C)C3)cs1)C(=O)c1ccccc1C. The second-order valence-electron chi connectivity index (χ2n) is 12.4. The number of nitrogens with zero attached hydrogens (tertiary/aromatic N) is 4. The Hall–Kier alpha value is -2.93. The van der Waals surface area contributed by atoms with Crippen molar-refractivity contribution in [3.63, 3.8) is 0 Å². The summed E-state index contributed by atoms with van der Waals surface area (Å²) in [4.78, 5) is 35.7. The number of fused-ring (bicyclic) bond motifs is 2. The summed E-state index contributed by atoms with van der Waals surface area (Å²) in [6, 6.07) is 12.2. The lowest BCUT2D eigenvalue weighted by Gasteiger charge is -2.39. The second kappa shape index (κ2) is 10.3. The molecule has 3 aromatic rings. The van der Waals surface area contributed by atoms with E-state index in [-0.39, 0.29) is 22.6 Å². The number of aryl methyl sites for hydroxylation is 1. The lowest BCUT2D eigenvalue weighted by Crippen LogP contribution is -2.37. The van der Waals surface area contributed by atoms with Gasteiger partial charge in [-0.1, -0.05) is 45.9 Å². The predicted octanol–water partition coefficient (Wildman–Crippen LogP) is 6.39. The normalized spacial score (nSPS) is 22.0. The molecule has 0 radical (unpaired) electrons. The van der Waals surface area contributed by atoms with Gasteiger partial charge in [0.25, 0.3) is 11.8 Å². The zero-order chi connectivity index (χ0) is 27.1. The van der Waals surface area contributed by atoms with Gasteiger partial charge >= 0.3 is 0 Å². The van der Waals surface area contributed by atoms with Gasteiger partial charge in [-0.3, -0.25) is 9.59 Å². The summed E-state index contributed by atoms with van der Waals surface area (Å²) in [6.07, 6.45) is 6.26. The zero-order valence-corrected chi connectivity index (χ0v) is 24.2. The van der Waals surface area contributed by atoms with E-state index in [1.54, 1.807) is 11.3 Å². The van der Waals surface area contributed by atoms with Gasteiger partial charge in [0.2, 0.25) is 0 Å². The van der Waals surface area contributed by atoms with E-state index in [1.165, 1.54) is 6.42 Å². The van der Waals surface area contributed by atoms with E-state index < -0.39 is 0 Å². The van der Waals surface area contributed by atoms with Crippen LogP contribution in [0.3, 0.4) is 0 Å². The van der Waals surface area contributed by atoms with Crippen LogP contribution in [0.1, 0.15) is 90.5 Å². The van der Waals surface area contributed by atoms with Crippen LogP contribution in [0.4, 0.5) is 0 Å². The largest absolute Gasteiger partial charge is 0.343 e. The molecule has 2 unspecified atom stereocenters. The Balaban J connectivity index is 1.28. The fraction of sp³-hybridized carbons (Fsp3) is 0.516. The molecule has 1 aromatic carbocycles. The van der Waals surface area contributed by atoms with Crippen molar-refractivity contribution in [1.82, 2.24) is 19.4 Å². The Kier molecular flexibility index (Phi) is 7.25. The molecule has 2 fully saturated rings. The third-order valence-corrected chi connectivity index (χ3v) is 9.02. The van der Waals surface area contributed by atoms with Crippen molar-refractivity contribution >= 4 is 23.2 Å². The summed E-state index contributed by atoms with van der Waals surface area (Å²) >= 11 is 1.54. The number of rotatable bonds is 8. The molecule has 2 aliphatic rings. The highest BCUT2D eigenvalue weighted by Crippen LogP contribution is 2.52. The minimum Gasteiger partial charge on any atom is -0.343 e. The third-order valence-electron chi connectivity index (χ3n) is 8.18. The summed E-state index contributed by atoms with van der Waals surface area (Å²) in [7, 11) is 0. The second-order valence-corrected chi connectivity index (χ2v) is 13.4. The maximum atomic E-state index is 13.5. The summed E-state index contributed by atoms with van der Waals surface area (Å²) < 4.78 is 2.15. The molecule has 3 heterocycles. The molecule has 202 valence electrons. The molecule has 2 amide bonds. The fourth-order valence-corrected chi connectivity index (χ4v) is 7.69. The first kappa shape index (κ1) is 26.7. The van der Waals surface area contributed by atoms with Crippen LogP contribution in [0.2, 0.25) is 0 Å². The monoisotopic (exact) mass is 532 g/mol. The molecule has 0 N–H and O–H groups in total. The van der Waals surface area contributed by atoms with Crippen LogP contribution in [-0.2, 0) is 13.1 Å². The minimum absolute atomic E-state index is 0.0625. The molecule has 38 heavy (non-hydrogen) atoms. The molecule has 5 rings (SSSR count). The van der Waals surface area contributed by atoms with Crippen LogP contribution < -0.4 is 0 Å². The average molecular weight is 533 g/mol. The van der Waals surface area contributed by atoms with Crippen LogP contribution in [0.15, 0.2) is 48.0 Å². The first-order chi connectivity index (χ1) is 18.1. The summed E-state index contributed by atoms with van der Waals surface area (Å²) in [5.41, 5.74) is 3.86. The van der Waals surface area contributed by atoms with Crippen LogP contribution >= 0.6 is 11.3 Å². The number of likely N-dealkylation sites (tertiary alicyclic amines) is 1. The summed E-state index contributed by atoms with van der Waals surface area (Å²) in [6.45, 7) is 13.7. The van der Waals surface area contributed by atoms with Crippen molar-refractivity contribution in [3.8, 4) is 0 Å². The highest BCUT2D eigenvalue weighted by Gasteiger charge is 2.51. The smallest absolute Gasteiger partial charge is 0.273 e. The van der Waals surface area contributed by atoms with Crippen molar-refractivity contribution in [2.24, 2.45) is 10.8 Å². The fourth-order valence-electron chi connectivity index (χ4n) is 6.92. The lowest BCUT2D eigenvalue weighted by molar-refractivity contribution is 0.0701.